The topological polar surface area (TPSA) is 50.8 Å². The number of nitrogens with zero attached hydrogens (tertiary/aromatic N) is 1. The van der Waals surface area contributed by atoms with E-state index in [9.17, 15) is 4.79 Å². The van der Waals surface area contributed by atoms with Crippen LogP contribution >= 0.6 is 0 Å². The molecule has 0 saturated carbocycles. The van der Waals surface area contributed by atoms with E-state index in [4.69, 9.17) is 9.47 Å². The zero-order valence-electron chi connectivity index (χ0n) is 15.7. The Hall–Kier alpha value is -2.53. The lowest BCUT2D eigenvalue weighted by Gasteiger charge is -2.28. The van der Waals surface area contributed by atoms with Gasteiger partial charge in [0.1, 0.15) is 0 Å². The summed E-state index contributed by atoms with van der Waals surface area (Å²) in [5.41, 5.74) is 2.98. The SMILES string of the molecule is COc1cccc2c1OCCCN(C(=O)c1ccccc1[C@@H]1CCNC1)C2. The Morgan fingerprint density at radius 3 is 2.93 bits per heavy atom. The van der Waals surface area contributed by atoms with Gasteiger partial charge in [0.15, 0.2) is 11.5 Å². The monoisotopic (exact) mass is 366 g/mol. The van der Waals surface area contributed by atoms with E-state index >= 15 is 0 Å². The van der Waals surface area contributed by atoms with Gasteiger partial charge in [-0.25, -0.2) is 0 Å². The zero-order valence-corrected chi connectivity index (χ0v) is 15.7. The maximum Gasteiger partial charge on any atom is 0.254 e. The fourth-order valence-electron chi connectivity index (χ4n) is 4.04. The number of methoxy groups -OCH3 is 1. The number of carbonyl (C=O) groups is 1. The van der Waals surface area contributed by atoms with Crippen LogP contribution in [0.1, 0.15) is 40.2 Å². The van der Waals surface area contributed by atoms with Crippen molar-refractivity contribution in [2.75, 3.05) is 33.4 Å². The summed E-state index contributed by atoms with van der Waals surface area (Å²) in [6, 6.07) is 13.9. The van der Waals surface area contributed by atoms with E-state index in [1.165, 1.54) is 0 Å². The molecule has 1 fully saturated rings. The van der Waals surface area contributed by atoms with Gasteiger partial charge in [-0.3, -0.25) is 4.79 Å². The van der Waals surface area contributed by atoms with Gasteiger partial charge >= 0.3 is 0 Å². The van der Waals surface area contributed by atoms with Crippen LogP contribution in [0.3, 0.4) is 0 Å². The predicted molar refractivity (Wildman–Crippen MR) is 105 cm³/mol. The maximum absolute atomic E-state index is 13.4. The highest BCUT2D eigenvalue weighted by Gasteiger charge is 2.26. The number of para-hydroxylation sites is 1. The Kier molecular flexibility index (Phi) is 5.30. The molecule has 5 nitrogen and oxygen atoms in total. The number of hydrogen-bond donors (Lipinski definition) is 1. The maximum atomic E-state index is 13.4. The third-order valence-electron chi connectivity index (χ3n) is 5.44. The summed E-state index contributed by atoms with van der Waals surface area (Å²) in [5, 5.41) is 3.41. The van der Waals surface area contributed by atoms with Crippen molar-refractivity contribution in [1.82, 2.24) is 10.2 Å². The lowest BCUT2D eigenvalue weighted by atomic mass is 9.92. The van der Waals surface area contributed by atoms with Crippen LogP contribution in [0.5, 0.6) is 11.5 Å². The fraction of sp³-hybridized carbons (Fsp3) is 0.409. The number of benzene rings is 2. The third-order valence-corrected chi connectivity index (χ3v) is 5.44. The molecule has 0 radical (unpaired) electrons. The van der Waals surface area contributed by atoms with Crippen LogP contribution in [0.15, 0.2) is 42.5 Å². The van der Waals surface area contributed by atoms with Crippen molar-refractivity contribution in [2.24, 2.45) is 0 Å². The van der Waals surface area contributed by atoms with Gasteiger partial charge in [-0.1, -0.05) is 30.3 Å². The molecule has 2 aliphatic rings. The molecule has 2 aromatic rings. The van der Waals surface area contributed by atoms with Crippen molar-refractivity contribution in [2.45, 2.75) is 25.3 Å². The van der Waals surface area contributed by atoms with Crippen LogP contribution < -0.4 is 14.8 Å². The minimum Gasteiger partial charge on any atom is -0.493 e. The standard InChI is InChI=1S/C22H26N2O3/c1-26-20-9-4-6-17-15-24(12-5-13-27-21(17)20)22(25)19-8-3-2-7-18(19)16-10-11-23-14-16/h2-4,6-9,16,23H,5,10-15H2,1H3/t16-/m1/s1. The summed E-state index contributed by atoms with van der Waals surface area (Å²) < 4.78 is 11.4. The van der Waals surface area contributed by atoms with Gasteiger partial charge in [-0.2, -0.15) is 0 Å². The van der Waals surface area contributed by atoms with Crippen molar-refractivity contribution in [3.63, 3.8) is 0 Å². The Labute approximate surface area is 160 Å². The Balaban J connectivity index is 1.64. The molecule has 0 aromatic heterocycles. The molecule has 142 valence electrons. The lowest BCUT2D eigenvalue weighted by Crippen LogP contribution is -2.34. The molecule has 1 amide bonds. The van der Waals surface area contributed by atoms with Crippen molar-refractivity contribution < 1.29 is 14.3 Å². The average Bonchev–Trinajstić information content (AvgIpc) is 3.22. The van der Waals surface area contributed by atoms with Crippen LogP contribution in [0.25, 0.3) is 0 Å². The second-order valence-corrected chi connectivity index (χ2v) is 7.15. The fourth-order valence-corrected chi connectivity index (χ4v) is 4.04. The van der Waals surface area contributed by atoms with Gasteiger partial charge in [0, 0.05) is 30.8 Å². The highest BCUT2D eigenvalue weighted by molar-refractivity contribution is 5.96. The molecule has 4 rings (SSSR count). The second kappa shape index (κ2) is 8.01. The number of ether oxygens (including phenoxy) is 2. The molecule has 0 bridgehead atoms. The van der Waals surface area contributed by atoms with Gasteiger partial charge in [0.05, 0.1) is 13.7 Å². The number of hydrogen-bond acceptors (Lipinski definition) is 4. The quantitative estimate of drug-likeness (QED) is 0.906. The number of fused-ring (bicyclic) bond motifs is 1. The lowest BCUT2D eigenvalue weighted by molar-refractivity contribution is 0.0719. The molecule has 2 aliphatic heterocycles. The predicted octanol–water partition coefficient (Wildman–Crippen LogP) is 3.20. The van der Waals surface area contributed by atoms with Crippen molar-refractivity contribution in [3.05, 3.63) is 59.2 Å². The second-order valence-electron chi connectivity index (χ2n) is 7.15. The molecule has 27 heavy (non-hydrogen) atoms. The first-order valence-corrected chi connectivity index (χ1v) is 9.65. The smallest absolute Gasteiger partial charge is 0.254 e. The first-order chi connectivity index (χ1) is 13.3. The summed E-state index contributed by atoms with van der Waals surface area (Å²) in [6.45, 7) is 3.75. The molecule has 2 aromatic carbocycles. The van der Waals surface area contributed by atoms with E-state index in [0.717, 1.165) is 54.1 Å². The largest absolute Gasteiger partial charge is 0.493 e. The van der Waals surface area contributed by atoms with Gasteiger partial charge in [-0.15, -0.1) is 0 Å². The van der Waals surface area contributed by atoms with E-state index in [0.29, 0.717) is 25.6 Å². The Bertz CT molecular complexity index is 815. The summed E-state index contributed by atoms with van der Waals surface area (Å²) in [5.74, 6) is 1.99. The Morgan fingerprint density at radius 1 is 1.22 bits per heavy atom. The molecule has 2 heterocycles. The molecule has 5 heteroatoms. The van der Waals surface area contributed by atoms with Crippen LogP contribution in [0, 0.1) is 0 Å². The molecule has 1 atom stereocenters. The molecule has 0 aliphatic carbocycles. The Morgan fingerprint density at radius 2 is 2.11 bits per heavy atom. The molecular formula is C22H26N2O3. The third kappa shape index (κ3) is 3.65. The van der Waals surface area contributed by atoms with Gasteiger partial charge in [-0.05, 0) is 43.0 Å². The summed E-state index contributed by atoms with van der Waals surface area (Å²) >= 11 is 0. The van der Waals surface area contributed by atoms with E-state index in [2.05, 4.69) is 11.4 Å². The van der Waals surface area contributed by atoms with E-state index in [1.54, 1.807) is 7.11 Å². The molecule has 1 saturated heterocycles. The molecular weight excluding hydrogens is 340 g/mol. The number of rotatable bonds is 3. The first kappa shape index (κ1) is 17.9. The molecule has 0 unspecified atom stereocenters. The minimum atomic E-state index is 0.105. The van der Waals surface area contributed by atoms with Crippen molar-refractivity contribution in [3.8, 4) is 11.5 Å². The number of nitrogens with one attached hydrogen (secondary N) is 1. The summed E-state index contributed by atoms with van der Waals surface area (Å²) in [4.78, 5) is 15.4. The van der Waals surface area contributed by atoms with Gasteiger partial charge in [0.2, 0.25) is 0 Å². The summed E-state index contributed by atoms with van der Waals surface area (Å²) in [7, 11) is 1.65. The van der Waals surface area contributed by atoms with Gasteiger partial charge in [0.25, 0.3) is 5.91 Å². The van der Waals surface area contributed by atoms with Crippen LogP contribution in [0.4, 0.5) is 0 Å². The molecule has 1 N–H and O–H groups in total. The van der Waals surface area contributed by atoms with E-state index < -0.39 is 0 Å². The zero-order chi connectivity index (χ0) is 18.6. The van der Waals surface area contributed by atoms with Crippen LogP contribution in [-0.4, -0.2) is 44.2 Å². The van der Waals surface area contributed by atoms with E-state index in [-0.39, 0.29) is 5.91 Å². The van der Waals surface area contributed by atoms with Crippen molar-refractivity contribution >= 4 is 5.91 Å². The van der Waals surface area contributed by atoms with Crippen LogP contribution in [0.2, 0.25) is 0 Å². The van der Waals surface area contributed by atoms with Gasteiger partial charge < -0.3 is 19.7 Å². The average molecular weight is 366 g/mol. The molecule has 0 spiro atoms. The van der Waals surface area contributed by atoms with Crippen LogP contribution in [-0.2, 0) is 6.54 Å². The summed E-state index contributed by atoms with van der Waals surface area (Å²) in [6.07, 6.45) is 1.88. The highest BCUT2D eigenvalue weighted by Crippen LogP contribution is 2.34. The normalized spacial score (nSPS) is 19.6. The minimum absolute atomic E-state index is 0.105. The highest BCUT2D eigenvalue weighted by atomic mass is 16.5. The number of amides is 1. The number of carbonyl (C=O) groups excluding carboxylic acids is 1. The van der Waals surface area contributed by atoms with E-state index in [1.807, 2.05) is 41.3 Å². The van der Waals surface area contributed by atoms with Crippen molar-refractivity contribution in [1.29, 1.82) is 0 Å². The first-order valence-electron chi connectivity index (χ1n) is 9.65.